The molecule has 5 nitrogen and oxygen atoms in total. The standard InChI is InChI=1S/C5H11BrN2O3S/c1-7-5(9)2-3-8-12(10,11)4-6/h8H,2-4H2,1H3,(H,7,9). The number of hydrogen-bond donors (Lipinski definition) is 2. The average molecular weight is 259 g/mol. The number of halogens is 1. The zero-order chi connectivity index (χ0) is 9.61. The van der Waals surface area contributed by atoms with Gasteiger partial charge in [0.1, 0.15) is 4.66 Å². The Labute approximate surface area is 80.1 Å². The number of hydrogen-bond acceptors (Lipinski definition) is 3. The number of rotatable bonds is 5. The van der Waals surface area contributed by atoms with Crippen molar-refractivity contribution in [1.29, 1.82) is 0 Å². The minimum absolute atomic E-state index is 0.133. The summed E-state index contributed by atoms with van der Waals surface area (Å²) in [5.41, 5.74) is 0. The molecular weight excluding hydrogens is 248 g/mol. The quantitative estimate of drug-likeness (QED) is 0.647. The molecule has 0 aromatic heterocycles. The fraction of sp³-hybridized carbons (Fsp3) is 0.800. The van der Waals surface area contributed by atoms with Gasteiger partial charge in [0.05, 0.1) is 0 Å². The number of carbonyl (C=O) groups is 1. The normalized spacial score (nSPS) is 11.2. The van der Waals surface area contributed by atoms with Crippen LogP contribution in [0.15, 0.2) is 0 Å². The van der Waals surface area contributed by atoms with Crippen LogP contribution >= 0.6 is 15.9 Å². The second kappa shape index (κ2) is 5.50. The molecule has 0 aromatic carbocycles. The van der Waals surface area contributed by atoms with Crippen molar-refractivity contribution in [1.82, 2.24) is 10.0 Å². The Morgan fingerprint density at radius 1 is 1.50 bits per heavy atom. The summed E-state index contributed by atoms with van der Waals surface area (Å²) in [7, 11) is -1.74. The average Bonchev–Trinajstić information content (AvgIpc) is 2.04. The molecule has 7 heteroatoms. The molecule has 0 unspecified atom stereocenters. The van der Waals surface area contributed by atoms with Gasteiger partial charge >= 0.3 is 0 Å². The Morgan fingerprint density at radius 2 is 2.08 bits per heavy atom. The maximum atomic E-state index is 10.8. The molecule has 72 valence electrons. The molecule has 0 saturated heterocycles. The first kappa shape index (κ1) is 11.9. The maximum Gasteiger partial charge on any atom is 0.221 e. The highest BCUT2D eigenvalue weighted by Crippen LogP contribution is 1.90. The Hall–Kier alpha value is -0.140. The molecule has 0 rings (SSSR count). The first-order valence-corrected chi connectivity index (χ1v) is 6.03. The maximum absolute atomic E-state index is 10.8. The number of sulfonamides is 1. The van der Waals surface area contributed by atoms with E-state index in [2.05, 4.69) is 26.0 Å². The Morgan fingerprint density at radius 3 is 2.50 bits per heavy atom. The van der Waals surface area contributed by atoms with E-state index in [9.17, 15) is 13.2 Å². The summed E-state index contributed by atoms with van der Waals surface area (Å²) in [6.07, 6.45) is 0.155. The third-order valence-corrected chi connectivity index (χ3v) is 3.84. The van der Waals surface area contributed by atoms with Crippen molar-refractivity contribution >= 4 is 31.9 Å². The van der Waals surface area contributed by atoms with E-state index < -0.39 is 10.0 Å². The summed E-state index contributed by atoms with van der Waals surface area (Å²) in [6.45, 7) is 0.133. The SMILES string of the molecule is CNC(=O)CCNS(=O)(=O)CBr. The summed E-state index contributed by atoms with van der Waals surface area (Å²) in [5.74, 6) is -0.188. The van der Waals surface area contributed by atoms with Gasteiger partial charge in [0.2, 0.25) is 15.9 Å². The van der Waals surface area contributed by atoms with Gasteiger partial charge in [0.25, 0.3) is 0 Å². The molecule has 0 aliphatic heterocycles. The van der Waals surface area contributed by atoms with Crippen molar-refractivity contribution in [2.24, 2.45) is 0 Å². The van der Waals surface area contributed by atoms with E-state index in [0.717, 1.165) is 0 Å². The molecule has 12 heavy (non-hydrogen) atoms. The van der Waals surface area contributed by atoms with Crippen LogP contribution in [0.2, 0.25) is 0 Å². The molecule has 0 fully saturated rings. The minimum Gasteiger partial charge on any atom is -0.359 e. The Bertz CT molecular complexity index is 239. The van der Waals surface area contributed by atoms with Crippen molar-refractivity contribution in [3.05, 3.63) is 0 Å². The van der Waals surface area contributed by atoms with E-state index in [1.54, 1.807) is 0 Å². The van der Waals surface area contributed by atoms with Crippen molar-refractivity contribution in [2.45, 2.75) is 6.42 Å². The molecule has 0 bridgehead atoms. The number of nitrogens with one attached hydrogen (secondary N) is 2. The van der Waals surface area contributed by atoms with Crippen LogP contribution in [0.4, 0.5) is 0 Å². The molecule has 0 atom stereocenters. The third-order valence-electron chi connectivity index (χ3n) is 1.10. The van der Waals surface area contributed by atoms with Gasteiger partial charge in [-0.2, -0.15) is 0 Å². The fourth-order valence-electron chi connectivity index (χ4n) is 0.484. The van der Waals surface area contributed by atoms with E-state index in [4.69, 9.17) is 0 Å². The molecule has 0 aromatic rings. The van der Waals surface area contributed by atoms with Crippen LogP contribution in [0.3, 0.4) is 0 Å². The van der Waals surface area contributed by atoms with Crippen molar-refractivity contribution in [3.63, 3.8) is 0 Å². The van der Waals surface area contributed by atoms with Gasteiger partial charge in [-0.3, -0.25) is 4.79 Å². The largest absolute Gasteiger partial charge is 0.359 e. The Balaban J connectivity index is 3.64. The molecule has 0 spiro atoms. The summed E-state index contributed by atoms with van der Waals surface area (Å²) in [5, 5.41) is 2.38. The second-order valence-electron chi connectivity index (χ2n) is 2.04. The van der Waals surface area contributed by atoms with Gasteiger partial charge in [-0.1, -0.05) is 15.9 Å². The second-order valence-corrected chi connectivity index (χ2v) is 5.15. The van der Waals surface area contributed by atoms with E-state index in [-0.39, 0.29) is 23.5 Å². The zero-order valence-corrected chi connectivity index (χ0v) is 9.03. The molecule has 0 saturated carbocycles. The summed E-state index contributed by atoms with van der Waals surface area (Å²) in [4.78, 5) is 10.6. The molecule has 2 N–H and O–H groups in total. The van der Waals surface area contributed by atoms with Crippen molar-refractivity contribution in [2.75, 3.05) is 18.3 Å². The highest BCUT2D eigenvalue weighted by Gasteiger charge is 2.06. The van der Waals surface area contributed by atoms with Gasteiger partial charge in [-0.25, -0.2) is 13.1 Å². The van der Waals surface area contributed by atoms with Gasteiger partial charge in [0, 0.05) is 20.0 Å². The highest BCUT2D eigenvalue weighted by atomic mass is 79.9. The van der Waals surface area contributed by atoms with Crippen LogP contribution in [0.5, 0.6) is 0 Å². The van der Waals surface area contributed by atoms with E-state index in [1.165, 1.54) is 7.05 Å². The van der Waals surface area contributed by atoms with Gasteiger partial charge in [-0.05, 0) is 0 Å². The Kier molecular flexibility index (Phi) is 5.43. The van der Waals surface area contributed by atoms with E-state index >= 15 is 0 Å². The number of alkyl halides is 1. The van der Waals surface area contributed by atoms with Gasteiger partial charge in [0.15, 0.2) is 0 Å². The molecular formula is C5H11BrN2O3S. The highest BCUT2D eigenvalue weighted by molar-refractivity contribution is 9.10. The lowest BCUT2D eigenvalue weighted by molar-refractivity contribution is -0.120. The first-order valence-electron chi connectivity index (χ1n) is 3.25. The smallest absolute Gasteiger partial charge is 0.221 e. The third kappa shape index (κ3) is 5.50. The summed E-state index contributed by atoms with van der Waals surface area (Å²) < 4.78 is 23.7. The fourth-order valence-corrected chi connectivity index (χ4v) is 1.46. The number of carbonyl (C=O) groups excluding carboxylic acids is 1. The lowest BCUT2D eigenvalue weighted by Crippen LogP contribution is -2.29. The monoisotopic (exact) mass is 258 g/mol. The number of amides is 1. The molecule has 0 aliphatic carbocycles. The minimum atomic E-state index is -3.24. The molecule has 0 radical (unpaired) electrons. The van der Waals surface area contributed by atoms with Crippen LogP contribution < -0.4 is 10.0 Å². The lowest BCUT2D eigenvalue weighted by atomic mass is 10.4. The van der Waals surface area contributed by atoms with E-state index in [0.29, 0.717) is 0 Å². The molecule has 0 heterocycles. The van der Waals surface area contributed by atoms with Crippen molar-refractivity contribution < 1.29 is 13.2 Å². The van der Waals surface area contributed by atoms with Crippen molar-refractivity contribution in [3.8, 4) is 0 Å². The first-order chi connectivity index (χ1) is 5.52. The van der Waals surface area contributed by atoms with Crippen LogP contribution in [0, 0.1) is 0 Å². The summed E-state index contributed by atoms with van der Waals surface area (Å²) in [6, 6.07) is 0. The van der Waals surface area contributed by atoms with E-state index in [1.807, 2.05) is 0 Å². The van der Waals surface area contributed by atoms with Gasteiger partial charge < -0.3 is 5.32 Å². The van der Waals surface area contributed by atoms with Crippen LogP contribution in [-0.2, 0) is 14.8 Å². The predicted molar refractivity (Wildman–Crippen MR) is 49.4 cm³/mol. The van der Waals surface area contributed by atoms with Gasteiger partial charge in [-0.15, -0.1) is 0 Å². The predicted octanol–water partition coefficient (Wildman–Crippen LogP) is -0.606. The lowest BCUT2D eigenvalue weighted by Gasteiger charge is -2.01. The molecule has 0 aliphatic rings. The zero-order valence-electron chi connectivity index (χ0n) is 6.63. The molecule has 1 amide bonds. The topological polar surface area (TPSA) is 75.3 Å². The van der Waals surface area contributed by atoms with Crippen LogP contribution in [0.1, 0.15) is 6.42 Å². The van der Waals surface area contributed by atoms with Crippen LogP contribution in [0.25, 0.3) is 0 Å². The summed E-state index contributed by atoms with van der Waals surface area (Å²) >= 11 is 2.80. The van der Waals surface area contributed by atoms with Crippen LogP contribution in [-0.4, -0.2) is 32.6 Å².